The Bertz CT molecular complexity index is 899. The van der Waals surface area contributed by atoms with E-state index in [1.165, 1.54) is 24.1 Å². The lowest BCUT2D eigenvalue weighted by atomic mass is 10.0. The van der Waals surface area contributed by atoms with Crippen molar-refractivity contribution in [1.82, 2.24) is 14.9 Å². The van der Waals surface area contributed by atoms with Crippen LogP contribution < -0.4 is 10.1 Å². The first-order valence-electron chi connectivity index (χ1n) is 8.30. The summed E-state index contributed by atoms with van der Waals surface area (Å²) in [5, 5.41) is 13.4. The number of ether oxygens (including phenoxy) is 1. The fourth-order valence-electron chi connectivity index (χ4n) is 2.64. The van der Waals surface area contributed by atoms with Crippen LogP contribution in [0.1, 0.15) is 26.8 Å². The molecule has 0 aliphatic rings. The molecule has 0 spiro atoms. The third-order valence-corrected chi connectivity index (χ3v) is 4.13. The van der Waals surface area contributed by atoms with Crippen LogP contribution in [0.2, 0.25) is 0 Å². The standard InChI is InChI=1S/C20H19N3O4.ClH/c1-27-16-6-4-15(5-7-16)19(25)22-17(20(26)23-12-2-3-13-23)18(24)14-8-10-21-11-9-14;/h2-13,17-18,24H,1H3,(H,22,25);1H. The highest BCUT2D eigenvalue weighted by Crippen LogP contribution is 2.19. The van der Waals surface area contributed by atoms with Crippen LogP contribution in [0.5, 0.6) is 5.75 Å². The van der Waals surface area contributed by atoms with Gasteiger partial charge < -0.3 is 15.2 Å². The molecule has 7 nitrogen and oxygen atoms in total. The molecular formula is C20H20ClN3O4. The van der Waals surface area contributed by atoms with E-state index in [1.807, 2.05) is 0 Å². The molecule has 0 saturated heterocycles. The second kappa shape index (κ2) is 9.68. The zero-order chi connectivity index (χ0) is 19.2. The van der Waals surface area contributed by atoms with E-state index in [4.69, 9.17) is 4.74 Å². The van der Waals surface area contributed by atoms with Crippen molar-refractivity contribution in [3.8, 4) is 5.75 Å². The minimum Gasteiger partial charge on any atom is -0.497 e. The van der Waals surface area contributed by atoms with Gasteiger partial charge in [-0.25, -0.2) is 0 Å². The number of methoxy groups -OCH3 is 1. The number of rotatable bonds is 6. The Morgan fingerprint density at radius 3 is 2.25 bits per heavy atom. The van der Waals surface area contributed by atoms with Crippen molar-refractivity contribution in [2.75, 3.05) is 7.11 Å². The van der Waals surface area contributed by atoms with Gasteiger partial charge in [0.1, 0.15) is 17.9 Å². The molecule has 0 saturated carbocycles. The number of carbonyl (C=O) groups is 2. The summed E-state index contributed by atoms with van der Waals surface area (Å²) in [7, 11) is 1.53. The number of pyridine rings is 1. The molecule has 1 aromatic carbocycles. The van der Waals surface area contributed by atoms with Gasteiger partial charge in [-0.15, -0.1) is 12.4 Å². The normalized spacial score (nSPS) is 12.4. The molecule has 8 heteroatoms. The maximum Gasteiger partial charge on any atom is 0.256 e. The van der Waals surface area contributed by atoms with Crippen molar-refractivity contribution in [3.05, 3.63) is 84.4 Å². The highest BCUT2D eigenvalue weighted by Gasteiger charge is 2.31. The Labute approximate surface area is 168 Å². The van der Waals surface area contributed by atoms with Crippen molar-refractivity contribution in [3.63, 3.8) is 0 Å². The van der Waals surface area contributed by atoms with Gasteiger partial charge >= 0.3 is 0 Å². The molecule has 2 heterocycles. The summed E-state index contributed by atoms with van der Waals surface area (Å²) in [6.07, 6.45) is 4.93. The molecule has 146 valence electrons. The van der Waals surface area contributed by atoms with E-state index in [9.17, 15) is 14.7 Å². The second-order valence-corrected chi connectivity index (χ2v) is 5.83. The lowest BCUT2D eigenvalue weighted by Crippen LogP contribution is -2.47. The summed E-state index contributed by atoms with van der Waals surface area (Å²) < 4.78 is 6.40. The summed E-state index contributed by atoms with van der Waals surface area (Å²) >= 11 is 0. The molecule has 3 aromatic rings. The van der Waals surface area contributed by atoms with Crippen LogP contribution in [0, 0.1) is 0 Å². The van der Waals surface area contributed by atoms with Crippen LogP contribution in [0.15, 0.2) is 73.3 Å². The molecule has 1 amide bonds. The topological polar surface area (TPSA) is 93.5 Å². The van der Waals surface area contributed by atoms with Crippen LogP contribution in [0.4, 0.5) is 0 Å². The highest BCUT2D eigenvalue weighted by atomic mass is 35.5. The number of hydrogen-bond donors (Lipinski definition) is 2. The van der Waals surface area contributed by atoms with E-state index in [0.717, 1.165) is 0 Å². The lowest BCUT2D eigenvalue weighted by molar-refractivity contribution is 0.0626. The summed E-state index contributed by atoms with van der Waals surface area (Å²) in [5.41, 5.74) is 0.827. The van der Waals surface area contributed by atoms with Crippen LogP contribution in [0.25, 0.3) is 0 Å². The van der Waals surface area contributed by atoms with Crippen LogP contribution in [-0.2, 0) is 0 Å². The highest BCUT2D eigenvalue weighted by molar-refractivity contribution is 5.98. The Kier molecular flexibility index (Phi) is 7.31. The molecule has 3 rings (SSSR count). The quantitative estimate of drug-likeness (QED) is 0.661. The van der Waals surface area contributed by atoms with E-state index >= 15 is 0 Å². The Balaban J connectivity index is 0.00000280. The van der Waals surface area contributed by atoms with Crippen molar-refractivity contribution in [1.29, 1.82) is 0 Å². The maximum atomic E-state index is 12.8. The van der Waals surface area contributed by atoms with Crippen LogP contribution >= 0.6 is 12.4 Å². The molecule has 0 radical (unpaired) electrons. The molecule has 0 fully saturated rings. The number of amides is 1. The monoisotopic (exact) mass is 401 g/mol. The second-order valence-electron chi connectivity index (χ2n) is 5.83. The van der Waals surface area contributed by atoms with E-state index in [1.54, 1.807) is 60.9 Å². The number of aliphatic hydroxyl groups excluding tert-OH is 1. The van der Waals surface area contributed by atoms with Crippen LogP contribution in [-0.4, -0.2) is 39.6 Å². The Morgan fingerprint density at radius 2 is 1.68 bits per heavy atom. The average Bonchev–Trinajstić information content (AvgIpc) is 3.26. The minimum absolute atomic E-state index is 0. The zero-order valence-corrected chi connectivity index (χ0v) is 15.9. The molecule has 0 aliphatic carbocycles. The van der Waals surface area contributed by atoms with Gasteiger partial charge in [0, 0.05) is 30.4 Å². The Hall–Kier alpha value is -3.16. The van der Waals surface area contributed by atoms with E-state index in [2.05, 4.69) is 10.3 Å². The molecule has 2 aromatic heterocycles. The smallest absolute Gasteiger partial charge is 0.256 e. The first-order chi connectivity index (χ1) is 13.1. The van der Waals surface area contributed by atoms with Crippen molar-refractivity contribution in [2.45, 2.75) is 12.1 Å². The molecule has 0 bridgehead atoms. The number of hydrogen-bond acceptors (Lipinski definition) is 5. The maximum absolute atomic E-state index is 12.8. The van der Waals surface area contributed by atoms with Gasteiger partial charge in [0.05, 0.1) is 7.11 Å². The van der Waals surface area contributed by atoms with Crippen molar-refractivity contribution < 1.29 is 19.4 Å². The summed E-state index contributed by atoms with van der Waals surface area (Å²) in [6, 6.07) is 11.9. The van der Waals surface area contributed by atoms with Gasteiger partial charge in [0.25, 0.3) is 11.8 Å². The van der Waals surface area contributed by atoms with Gasteiger partial charge in [0.2, 0.25) is 0 Å². The number of aliphatic hydroxyl groups is 1. The molecule has 2 N–H and O–H groups in total. The Morgan fingerprint density at radius 1 is 1.07 bits per heavy atom. The predicted molar refractivity (Wildman–Crippen MR) is 106 cm³/mol. The first-order valence-corrected chi connectivity index (χ1v) is 8.30. The molecule has 2 atom stereocenters. The van der Waals surface area contributed by atoms with Crippen molar-refractivity contribution >= 4 is 24.2 Å². The van der Waals surface area contributed by atoms with Gasteiger partial charge in [-0.1, -0.05) is 0 Å². The SMILES string of the molecule is COc1ccc(C(=O)NC(C(=O)n2cccc2)C(O)c2ccncc2)cc1.Cl. The fraction of sp³-hybridized carbons (Fsp3) is 0.150. The number of nitrogens with one attached hydrogen (secondary N) is 1. The van der Waals surface area contributed by atoms with E-state index in [-0.39, 0.29) is 12.4 Å². The van der Waals surface area contributed by atoms with Gasteiger partial charge in [-0.05, 0) is 54.1 Å². The third kappa shape index (κ3) is 4.76. The number of carbonyl (C=O) groups excluding carboxylic acids is 2. The van der Waals surface area contributed by atoms with Crippen molar-refractivity contribution in [2.24, 2.45) is 0 Å². The average molecular weight is 402 g/mol. The number of benzene rings is 1. The summed E-state index contributed by atoms with van der Waals surface area (Å²) in [4.78, 5) is 29.4. The first kappa shape index (κ1) is 21.1. The largest absolute Gasteiger partial charge is 0.497 e. The van der Waals surface area contributed by atoms with E-state index in [0.29, 0.717) is 16.9 Å². The molecule has 2 unspecified atom stereocenters. The number of aromatic nitrogens is 2. The van der Waals surface area contributed by atoms with Gasteiger partial charge in [-0.2, -0.15) is 0 Å². The van der Waals surface area contributed by atoms with E-state index < -0.39 is 24.0 Å². The molecule has 0 aliphatic heterocycles. The van der Waals surface area contributed by atoms with Gasteiger partial charge in [0.15, 0.2) is 0 Å². The number of halogens is 1. The summed E-state index contributed by atoms with van der Waals surface area (Å²) in [5.74, 6) is -0.314. The molecule has 28 heavy (non-hydrogen) atoms. The zero-order valence-electron chi connectivity index (χ0n) is 15.1. The lowest BCUT2D eigenvalue weighted by Gasteiger charge is -2.23. The third-order valence-electron chi connectivity index (χ3n) is 4.13. The predicted octanol–water partition coefficient (Wildman–Crippen LogP) is 2.49. The van der Waals surface area contributed by atoms with Gasteiger partial charge in [-0.3, -0.25) is 19.1 Å². The fourth-order valence-corrected chi connectivity index (χ4v) is 2.64. The summed E-state index contributed by atoms with van der Waals surface area (Å²) in [6.45, 7) is 0. The number of nitrogens with zero attached hydrogens (tertiary/aromatic N) is 2. The minimum atomic E-state index is -1.23. The molecular weight excluding hydrogens is 382 g/mol. The van der Waals surface area contributed by atoms with Crippen LogP contribution in [0.3, 0.4) is 0 Å².